The van der Waals surface area contributed by atoms with E-state index >= 15 is 0 Å². The minimum absolute atomic E-state index is 0.150. The summed E-state index contributed by atoms with van der Waals surface area (Å²) in [4.78, 5) is 40.7. The quantitative estimate of drug-likeness (QED) is 0.142. The van der Waals surface area contributed by atoms with Gasteiger partial charge in [-0.15, -0.1) is 0 Å². The van der Waals surface area contributed by atoms with Crippen LogP contribution in [0.15, 0.2) is 94.6 Å². The molecule has 1 saturated heterocycles. The van der Waals surface area contributed by atoms with E-state index in [0.717, 1.165) is 27.5 Å². The number of carbonyl (C=O) groups excluding carboxylic acids is 1. The van der Waals surface area contributed by atoms with Crippen molar-refractivity contribution < 1.29 is 33.3 Å². The summed E-state index contributed by atoms with van der Waals surface area (Å²) in [5, 5.41) is 14.2. The van der Waals surface area contributed by atoms with Crippen molar-refractivity contribution in [2.75, 3.05) is 27.9 Å². The summed E-state index contributed by atoms with van der Waals surface area (Å²) < 4.78 is 32.3. The summed E-state index contributed by atoms with van der Waals surface area (Å²) in [5.74, 6) is 0.652. The molecule has 0 unspecified atom stereocenters. The van der Waals surface area contributed by atoms with Crippen LogP contribution in [-0.4, -0.2) is 75.1 Å². The average molecular weight is 718 g/mol. The first-order valence-corrected chi connectivity index (χ1v) is 19.6. The van der Waals surface area contributed by atoms with Crippen LogP contribution in [0.1, 0.15) is 54.0 Å². The molecule has 1 fully saturated rings. The van der Waals surface area contributed by atoms with E-state index in [-0.39, 0.29) is 17.2 Å². The minimum atomic E-state index is -2.59. The second kappa shape index (κ2) is 15.0. The number of hydrogen-bond acceptors (Lipinski definition) is 9. The molecule has 1 aliphatic heterocycles. The summed E-state index contributed by atoms with van der Waals surface area (Å²) in [7, 11) is 1.99. The highest BCUT2D eigenvalue weighted by Gasteiger charge is 2.52. The zero-order chi connectivity index (χ0) is 37.1. The first-order chi connectivity index (χ1) is 24.2. The minimum Gasteiger partial charge on any atom is -0.497 e. The number of aliphatic hydroxyl groups is 1. The highest BCUT2D eigenvalue weighted by molar-refractivity contribution is 6.74. The summed E-state index contributed by atoms with van der Waals surface area (Å²) >= 11 is 0. The zero-order valence-electron chi connectivity index (χ0n) is 30.3. The summed E-state index contributed by atoms with van der Waals surface area (Å²) in [5.41, 5.74) is -0.783. The third-order valence-electron chi connectivity index (χ3n) is 9.90. The van der Waals surface area contributed by atoms with Crippen LogP contribution < -0.4 is 26.0 Å². The van der Waals surface area contributed by atoms with Crippen LogP contribution in [0.4, 0.5) is 0 Å². The molecular weight excluding hydrogens is 671 g/mol. The highest BCUT2D eigenvalue weighted by atomic mass is 28.4. The summed E-state index contributed by atoms with van der Waals surface area (Å²) in [6, 6.07) is 24.8. The largest absolute Gasteiger partial charge is 0.497 e. The standard InChI is InChI=1S/C38H47N3O9Si/c1-37(2,3)51(7,8)50-32-31(42)30(49-35(32)41-22-29(33(43)39-4)34(44)40-36(41)45)23-48-38(24-12-10-9-11-13-24,25-14-18-27(46-5)19-15-25)26-16-20-28(47-6)21-17-26/h9-22,30-32,35,42H,23H2,1-8H3,(H,39,43)(H,40,44,45)/t30-,31-,32-,35-/m1/s1. The number of carbonyl (C=O) groups is 1. The van der Waals surface area contributed by atoms with Gasteiger partial charge in [0.15, 0.2) is 14.5 Å². The smallest absolute Gasteiger partial charge is 0.330 e. The average Bonchev–Trinajstić information content (AvgIpc) is 3.42. The highest BCUT2D eigenvalue weighted by Crippen LogP contribution is 2.45. The first-order valence-electron chi connectivity index (χ1n) is 16.7. The van der Waals surface area contributed by atoms with Gasteiger partial charge in [0.05, 0.1) is 20.8 Å². The second-order valence-electron chi connectivity index (χ2n) is 14.0. The molecule has 5 rings (SSSR count). The lowest BCUT2D eigenvalue weighted by Gasteiger charge is -2.40. The van der Waals surface area contributed by atoms with Crippen molar-refractivity contribution in [2.45, 2.75) is 69.0 Å². The van der Waals surface area contributed by atoms with Gasteiger partial charge < -0.3 is 33.8 Å². The van der Waals surface area contributed by atoms with Gasteiger partial charge in [0, 0.05) is 13.2 Å². The monoisotopic (exact) mass is 717 g/mol. The number of aromatic amines is 1. The normalized spacial score (nSPS) is 19.5. The Balaban J connectivity index is 1.62. The van der Waals surface area contributed by atoms with Gasteiger partial charge in [-0.05, 0) is 59.1 Å². The topological polar surface area (TPSA) is 150 Å². The molecule has 51 heavy (non-hydrogen) atoms. The molecule has 1 amide bonds. The van der Waals surface area contributed by atoms with Gasteiger partial charge in [0.2, 0.25) is 0 Å². The number of rotatable bonds is 12. The third-order valence-corrected chi connectivity index (χ3v) is 14.4. The Kier molecular flexibility index (Phi) is 11.1. The zero-order valence-corrected chi connectivity index (χ0v) is 31.3. The molecule has 272 valence electrons. The van der Waals surface area contributed by atoms with E-state index in [4.69, 9.17) is 23.4 Å². The number of benzene rings is 3. The Morgan fingerprint density at radius 1 is 0.902 bits per heavy atom. The van der Waals surface area contributed by atoms with Crippen molar-refractivity contribution >= 4 is 14.2 Å². The molecule has 2 heterocycles. The van der Waals surface area contributed by atoms with Gasteiger partial charge in [-0.3, -0.25) is 19.1 Å². The predicted molar refractivity (Wildman–Crippen MR) is 195 cm³/mol. The molecular formula is C38H47N3O9Si. The van der Waals surface area contributed by atoms with Gasteiger partial charge in [-0.2, -0.15) is 0 Å². The molecule has 0 saturated carbocycles. The number of nitrogens with zero attached hydrogens (tertiary/aromatic N) is 1. The Hall–Kier alpha value is -4.53. The van der Waals surface area contributed by atoms with Crippen LogP contribution in [0.3, 0.4) is 0 Å². The number of aliphatic hydroxyl groups excluding tert-OH is 1. The van der Waals surface area contributed by atoms with E-state index in [0.29, 0.717) is 11.5 Å². The molecule has 1 aliphatic rings. The predicted octanol–water partition coefficient (Wildman–Crippen LogP) is 4.57. The van der Waals surface area contributed by atoms with Crippen LogP contribution in [-0.2, 0) is 19.5 Å². The first kappa shape index (κ1) is 37.7. The van der Waals surface area contributed by atoms with Crippen molar-refractivity contribution in [3.63, 3.8) is 0 Å². The van der Waals surface area contributed by atoms with Gasteiger partial charge in [-0.25, -0.2) is 4.79 Å². The van der Waals surface area contributed by atoms with E-state index in [1.807, 2.05) is 92.0 Å². The number of H-pyrrole nitrogens is 1. The number of ether oxygens (including phenoxy) is 4. The number of hydrogen-bond donors (Lipinski definition) is 3. The molecule has 12 nitrogen and oxygen atoms in total. The van der Waals surface area contributed by atoms with Crippen molar-refractivity contribution in [3.8, 4) is 11.5 Å². The molecule has 4 aromatic rings. The fourth-order valence-electron chi connectivity index (χ4n) is 5.98. The number of nitrogens with one attached hydrogen (secondary N) is 2. The molecule has 1 aromatic heterocycles. The Morgan fingerprint density at radius 2 is 1.43 bits per heavy atom. The molecule has 0 aliphatic carbocycles. The van der Waals surface area contributed by atoms with Crippen LogP contribution >= 0.6 is 0 Å². The van der Waals surface area contributed by atoms with Crippen molar-refractivity contribution in [3.05, 3.63) is 128 Å². The van der Waals surface area contributed by atoms with Crippen LogP contribution in [0.5, 0.6) is 11.5 Å². The van der Waals surface area contributed by atoms with E-state index in [1.165, 1.54) is 7.05 Å². The van der Waals surface area contributed by atoms with Gasteiger partial charge in [-0.1, -0.05) is 75.4 Å². The van der Waals surface area contributed by atoms with Crippen molar-refractivity contribution in [1.29, 1.82) is 0 Å². The SMILES string of the molecule is CNC(=O)c1cn([C@@H]2O[C@H](COC(c3ccccc3)(c3ccc(OC)cc3)c3ccc(OC)cc3)[C@@H](O)[C@H]2O[Si](C)(C)C(C)(C)C)c(=O)[nH]c1=O. The second-order valence-corrected chi connectivity index (χ2v) is 18.8. The van der Waals surface area contributed by atoms with Gasteiger partial charge in [0.1, 0.15) is 41.0 Å². The lowest BCUT2D eigenvalue weighted by atomic mass is 9.80. The van der Waals surface area contributed by atoms with Crippen molar-refractivity contribution in [2.24, 2.45) is 0 Å². The Bertz CT molecular complexity index is 1870. The Morgan fingerprint density at radius 3 is 1.92 bits per heavy atom. The lowest BCUT2D eigenvalue weighted by molar-refractivity contribution is -0.0956. The van der Waals surface area contributed by atoms with Crippen LogP contribution in [0.2, 0.25) is 18.1 Å². The molecule has 3 aromatic carbocycles. The number of amides is 1. The van der Waals surface area contributed by atoms with Crippen LogP contribution in [0.25, 0.3) is 0 Å². The fraction of sp³-hybridized carbons (Fsp3) is 0.395. The van der Waals surface area contributed by atoms with E-state index in [1.54, 1.807) is 14.2 Å². The maximum atomic E-state index is 13.3. The Labute approximate surface area is 298 Å². The molecule has 0 bridgehead atoms. The summed E-state index contributed by atoms with van der Waals surface area (Å²) in [6.45, 7) is 10.1. The maximum Gasteiger partial charge on any atom is 0.330 e. The molecule has 4 atom stereocenters. The third kappa shape index (κ3) is 7.44. The number of methoxy groups -OCH3 is 2. The molecule has 3 N–H and O–H groups in total. The van der Waals surface area contributed by atoms with E-state index in [9.17, 15) is 19.5 Å². The van der Waals surface area contributed by atoms with E-state index < -0.39 is 55.6 Å². The van der Waals surface area contributed by atoms with Gasteiger partial charge >= 0.3 is 5.69 Å². The number of aromatic nitrogens is 2. The van der Waals surface area contributed by atoms with E-state index in [2.05, 4.69) is 31.1 Å². The maximum absolute atomic E-state index is 13.3. The molecule has 0 spiro atoms. The molecule has 0 radical (unpaired) electrons. The van der Waals surface area contributed by atoms with Crippen molar-refractivity contribution in [1.82, 2.24) is 14.9 Å². The van der Waals surface area contributed by atoms with Gasteiger partial charge in [0.25, 0.3) is 11.5 Å². The fourth-order valence-corrected chi connectivity index (χ4v) is 7.27. The lowest BCUT2D eigenvalue weighted by Crippen LogP contribution is -2.50. The summed E-state index contributed by atoms with van der Waals surface area (Å²) in [6.07, 6.45) is -3.39. The van der Waals surface area contributed by atoms with Crippen LogP contribution in [0, 0.1) is 0 Å². The molecule has 13 heteroatoms.